The smallest absolute Gasteiger partial charge is 0.822 e. The molecule has 0 rings (SSSR count). The molecule has 42 heteroatoms. The number of rotatable bonds is 0. The number of phosphoric acid groups is 6. The van der Waals surface area contributed by atoms with Crippen molar-refractivity contribution in [3.05, 3.63) is 0 Å². The van der Waals surface area contributed by atoms with Gasteiger partial charge in [-0.05, 0) is 0 Å². The Balaban J connectivity index is -0.00000000973. The van der Waals surface area contributed by atoms with E-state index < -0.39 is 46.9 Å². The molecule has 0 amide bonds. The predicted octanol–water partition coefficient (Wildman–Crippen LogP) is -49.1. The minimum absolute atomic E-state index is 0. The summed E-state index contributed by atoms with van der Waals surface area (Å²) in [5.74, 6) is 0. The van der Waals surface area contributed by atoms with Crippen molar-refractivity contribution in [3.8, 4) is 0 Å². The van der Waals surface area contributed by atoms with Gasteiger partial charge < -0.3 is 106 Å². The summed E-state index contributed by atoms with van der Waals surface area (Å²) in [4.78, 5) is 146. The molecule has 0 atom stereocenters. The van der Waals surface area contributed by atoms with Crippen molar-refractivity contribution in [1.82, 2.24) is 0 Å². The summed E-state index contributed by atoms with van der Waals surface area (Å²) >= 11 is 0. The standard InChI is InChI=1S/12Na.6H3O4P/c;;;;;;;;;;;;6*1-5(2,3)4/h;;;;;;;;;;;;6*(H3,1,2,3,4)/q12*+1;;;;;;/p-12. The molecule has 0 aromatic heterocycles. The third-order valence-corrected chi connectivity index (χ3v) is 0. The zero-order chi connectivity index (χ0) is 27.0. The molecule has 42 heavy (non-hydrogen) atoms. The van der Waals surface area contributed by atoms with Crippen molar-refractivity contribution in [3.63, 3.8) is 0 Å². The maximum absolute atomic E-state index is 8.88. The van der Waals surface area contributed by atoms with Gasteiger partial charge in [-0.2, -0.15) is 31.3 Å². The van der Waals surface area contributed by atoms with Gasteiger partial charge in [0.15, 0.2) is 0 Å². The van der Waals surface area contributed by atoms with E-state index in [0.29, 0.717) is 0 Å². The first-order chi connectivity index (χ1) is 12.0. The van der Waals surface area contributed by atoms with Crippen molar-refractivity contribution < 1.29 is 470 Å². The summed E-state index contributed by atoms with van der Waals surface area (Å²) < 4.78 is 52.0. The van der Waals surface area contributed by atoms with E-state index in [1.54, 1.807) is 0 Å². The van der Waals surface area contributed by atoms with Gasteiger partial charge in [0.2, 0.25) is 0 Å². The van der Waals surface area contributed by atoms with Crippen molar-refractivity contribution in [1.29, 1.82) is 0 Å². The van der Waals surface area contributed by atoms with E-state index in [4.69, 9.17) is 115 Å². The van der Waals surface area contributed by atoms with E-state index in [-0.39, 0.29) is 355 Å². The van der Waals surface area contributed by atoms with Crippen LogP contribution in [0.15, 0.2) is 0 Å². The van der Waals surface area contributed by atoms with Crippen LogP contribution < -0.4 is 413 Å². The largest absolute Gasteiger partial charge is 1.00 e. The Hall–Kier alpha value is 12.7. The maximum atomic E-state index is 8.88. The minimum atomic E-state index is -5.39. The van der Waals surface area contributed by atoms with Crippen LogP contribution in [0.3, 0.4) is 0 Å². The van der Waals surface area contributed by atoms with Gasteiger partial charge in [0.25, 0.3) is 0 Å². The SMILES string of the molecule is O=P(O)(O)O.O=P(O)(O)O.O=P([O-])([O-])[O-].O=P([O-])([O-])[O-].O=P([O-])([O-])[O-].O=P([O-])([O-])[O-].[Na+].[Na+].[Na+].[Na+].[Na+].[Na+].[Na+].[Na+].[Na+].[Na+].[Na+].[Na+]. The molecule has 0 spiro atoms. The van der Waals surface area contributed by atoms with Crippen LogP contribution in [-0.4, -0.2) is 29.4 Å². The normalized spacial score (nSPS) is 8.43. The second kappa shape index (κ2) is 62.8. The first-order valence-electron chi connectivity index (χ1n) is 4.49. The van der Waals surface area contributed by atoms with E-state index in [2.05, 4.69) is 0 Å². The molecule has 0 unspecified atom stereocenters. The molecule has 6 N–H and O–H groups in total. The molecule has 24 nitrogen and oxygen atoms in total. The summed E-state index contributed by atoms with van der Waals surface area (Å²) in [5, 5.41) is 0. The molecule has 192 valence electrons. The summed E-state index contributed by atoms with van der Waals surface area (Å²) in [5.41, 5.74) is 0. The second-order valence-corrected chi connectivity index (χ2v) is 8.45. The van der Waals surface area contributed by atoms with Gasteiger partial charge in [0.1, 0.15) is 0 Å². The Morgan fingerprint density at radius 3 is 0.238 bits per heavy atom. The molecule has 0 aliphatic heterocycles. The first-order valence-corrected chi connectivity index (χ1v) is 13.5. The fraction of sp³-hybridized carbons (Fsp3) is 0. The van der Waals surface area contributed by atoms with Crippen LogP contribution in [0.1, 0.15) is 0 Å². The number of hydrogen-bond donors (Lipinski definition) is 6. The molecular formula is H6Na12O24P6. The second-order valence-electron chi connectivity index (χ2n) is 2.82. The van der Waals surface area contributed by atoms with Crippen LogP contribution in [0.4, 0.5) is 0 Å². The van der Waals surface area contributed by atoms with Crippen LogP contribution in [0.25, 0.3) is 0 Å². The average molecular weight is 852 g/mol. The van der Waals surface area contributed by atoms with E-state index in [9.17, 15) is 0 Å². The minimum Gasteiger partial charge on any atom is -0.822 e. The van der Waals surface area contributed by atoms with Crippen LogP contribution in [-0.2, 0) is 27.4 Å². The summed E-state index contributed by atoms with van der Waals surface area (Å²) in [7, 11) is -30.8. The van der Waals surface area contributed by atoms with E-state index in [1.165, 1.54) is 0 Å². The topological polar surface area (TPSA) is 501 Å². The molecule has 0 aromatic carbocycles. The van der Waals surface area contributed by atoms with Crippen LogP contribution in [0.5, 0.6) is 0 Å². The molecule has 0 heterocycles. The maximum Gasteiger partial charge on any atom is 1.00 e. The molecular weight excluding hydrogens is 846 g/mol. The van der Waals surface area contributed by atoms with E-state index in [0.717, 1.165) is 0 Å². The molecule has 0 radical (unpaired) electrons. The molecule has 0 aliphatic rings. The first kappa shape index (κ1) is 117. The quantitative estimate of drug-likeness (QED) is 0.0973. The summed E-state index contributed by atoms with van der Waals surface area (Å²) in [6, 6.07) is 0. The molecule has 0 fully saturated rings. The Morgan fingerprint density at radius 2 is 0.238 bits per heavy atom. The van der Waals surface area contributed by atoms with Gasteiger partial charge in [-0.3, -0.25) is 0 Å². The van der Waals surface area contributed by atoms with Gasteiger partial charge in [-0.1, -0.05) is 0 Å². The summed E-state index contributed by atoms with van der Waals surface area (Å²) in [6.07, 6.45) is 0. The third-order valence-electron chi connectivity index (χ3n) is 0. The fourth-order valence-corrected chi connectivity index (χ4v) is 0. The monoisotopic (exact) mass is 852 g/mol. The zero-order valence-electron chi connectivity index (χ0n) is 24.7. The number of hydrogen-bond acceptors (Lipinski definition) is 18. The molecule has 0 saturated carbocycles. The zero-order valence-corrected chi connectivity index (χ0v) is 54.1. The average Bonchev–Trinajstić information content (AvgIpc) is 1.94. The van der Waals surface area contributed by atoms with Crippen molar-refractivity contribution in [2.24, 2.45) is 0 Å². The molecule has 0 aliphatic carbocycles. The molecule has 0 bridgehead atoms. The van der Waals surface area contributed by atoms with Gasteiger partial charge in [0.05, 0.1) is 0 Å². The Kier molecular flexibility index (Phi) is 175. The van der Waals surface area contributed by atoms with E-state index in [1.807, 2.05) is 0 Å². The molecule has 0 aromatic rings. The fourth-order valence-electron chi connectivity index (χ4n) is 0. The van der Waals surface area contributed by atoms with Crippen molar-refractivity contribution in [2.45, 2.75) is 0 Å². The van der Waals surface area contributed by atoms with Crippen LogP contribution in [0, 0.1) is 0 Å². The van der Waals surface area contributed by atoms with E-state index >= 15 is 0 Å². The van der Waals surface area contributed by atoms with Crippen molar-refractivity contribution in [2.75, 3.05) is 0 Å². The van der Waals surface area contributed by atoms with Gasteiger partial charge >= 0.3 is 370 Å². The predicted molar refractivity (Wildman–Crippen MR) is 59.0 cm³/mol. The van der Waals surface area contributed by atoms with Crippen LogP contribution in [0.2, 0.25) is 0 Å². The van der Waals surface area contributed by atoms with Crippen molar-refractivity contribution >= 4 is 46.9 Å². The van der Waals surface area contributed by atoms with Crippen LogP contribution >= 0.6 is 46.9 Å². The molecule has 0 saturated heterocycles. The van der Waals surface area contributed by atoms with Gasteiger partial charge in [0, 0.05) is 0 Å². The van der Waals surface area contributed by atoms with Gasteiger partial charge in [-0.25, -0.2) is 9.13 Å². The Bertz CT molecular complexity index is 490. The van der Waals surface area contributed by atoms with Gasteiger partial charge in [-0.15, -0.1) is 0 Å². The third kappa shape index (κ3) is 877. The Morgan fingerprint density at radius 1 is 0.238 bits per heavy atom. The summed E-state index contributed by atoms with van der Waals surface area (Å²) in [6.45, 7) is 0. The Labute approximate surface area is 504 Å².